The molecule has 0 aliphatic carbocycles. The van der Waals surface area contributed by atoms with Gasteiger partial charge in [0.1, 0.15) is 5.75 Å². The van der Waals surface area contributed by atoms with Crippen molar-refractivity contribution in [2.24, 2.45) is 5.92 Å². The predicted octanol–water partition coefficient (Wildman–Crippen LogP) is 1.73. The number of rotatable bonds is 4. The second kappa shape index (κ2) is 5.32. The molecule has 2 N–H and O–H groups in total. The maximum absolute atomic E-state index is 10.1. The lowest BCUT2D eigenvalue weighted by atomic mass is 9.96. The van der Waals surface area contributed by atoms with Gasteiger partial charge in [0.25, 0.3) is 0 Å². The molecule has 1 aromatic rings. The van der Waals surface area contributed by atoms with Crippen LogP contribution in [0.1, 0.15) is 24.5 Å². The lowest BCUT2D eigenvalue weighted by Gasteiger charge is -2.15. The lowest BCUT2D eigenvalue weighted by Crippen LogP contribution is -2.12. The summed E-state index contributed by atoms with van der Waals surface area (Å²) < 4.78 is 5.15. The molecule has 16 heavy (non-hydrogen) atoms. The fourth-order valence-electron chi connectivity index (χ4n) is 2.22. The van der Waals surface area contributed by atoms with E-state index in [1.807, 2.05) is 24.3 Å². The summed E-state index contributed by atoms with van der Waals surface area (Å²) in [6.07, 6.45) is 1.63. The third kappa shape index (κ3) is 2.74. The monoisotopic (exact) mass is 221 g/mol. The van der Waals surface area contributed by atoms with Crippen molar-refractivity contribution in [3.8, 4) is 5.75 Å². The molecule has 0 amide bonds. The highest BCUT2D eigenvalue weighted by molar-refractivity contribution is 5.29. The summed E-state index contributed by atoms with van der Waals surface area (Å²) in [7, 11) is 1.65. The molecule has 2 rings (SSSR count). The highest BCUT2D eigenvalue weighted by atomic mass is 16.5. The van der Waals surface area contributed by atoms with Crippen LogP contribution in [0, 0.1) is 5.92 Å². The first-order chi connectivity index (χ1) is 7.79. The average molecular weight is 221 g/mol. The van der Waals surface area contributed by atoms with E-state index in [0.717, 1.165) is 30.8 Å². The number of methoxy groups -OCH3 is 1. The van der Waals surface area contributed by atoms with Crippen LogP contribution in [0.3, 0.4) is 0 Å². The van der Waals surface area contributed by atoms with E-state index in [2.05, 4.69) is 5.32 Å². The minimum absolute atomic E-state index is 0.375. The molecule has 0 saturated carbocycles. The Morgan fingerprint density at radius 2 is 2.44 bits per heavy atom. The molecule has 0 spiro atoms. The van der Waals surface area contributed by atoms with Gasteiger partial charge in [0.05, 0.1) is 13.2 Å². The van der Waals surface area contributed by atoms with Crippen LogP contribution in [0.5, 0.6) is 5.75 Å². The van der Waals surface area contributed by atoms with Crippen LogP contribution in [-0.2, 0) is 0 Å². The van der Waals surface area contributed by atoms with Crippen LogP contribution in [0.2, 0.25) is 0 Å². The summed E-state index contributed by atoms with van der Waals surface area (Å²) in [6, 6.07) is 7.68. The fraction of sp³-hybridized carbons (Fsp3) is 0.538. The second-order valence-corrected chi connectivity index (χ2v) is 4.39. The zero-order valence-corrected chi connectivity index (χ0v) is 9.65. The molecular formula is C13H19NO2. The first-order valence-electron chi connectivity index (χ1n) is 5.82. The molecule has 1 aromatic carbocycles. The van der Waals surface area contributed by atoms with Crippen LogP contribution in [0.4, 0.5) is 0 Å². The van der Waals surface area contributed by atoms with Gasteiger partial charge in [-0.1, -0.05) is 12.1 Å². The third-order valence-electron chi connectivity index (χ3n) is 3.20. The number of benzene rings is 1. The smallest absolute Gasteiger partial charge is 0.119 e. The van der Waals surface area contributed by atoms with Crippen LogP contribution in [0.15, 0.2) is 24.3 Å². The summed E-state index contributed by atoms with van der Waals surface area (Å²) >= 11 is 0. The topological polar surface area (TPSA) is 41.5 Å². The zero-order chi connectivity index (χ0) is 11.4. The quantitative estimate of drug-likeness (QED) is 0.813. The molecule has 3 nitrogen and oxygen atoms in total. The van der Waals surface area contributed by atoms with Crippen molar-refractivity contribution < 1.29 is 9.84 Å². The second-order valence-electron chi connectivity index (χ2n) is 4.39. The summed E-state index contributed by atoms with van der Waals surface area (Å²) in [5, 5.41) is 13.4. The number of aliphatic hydroxyl groups excluding tert-OH is 1. The average Bonchev–Trinajstić information content (AvgIpc) is 2.82. The van der Waals surface area contributed by atoms with Crippen molar-refractivity contribution in [3.05, 3.63) is 29.8 Å². The third-order valence-corrected chi connectivity index (χ3v) is 3.20. The summed E-state index contributed by atoms with van der Waals surface area (Å²) in [4.78, 5) is 0. The minimum Gasteiger partial charge on any atom is -0.497 e. The van der Waals surface area contributed by atoms with E-state index in [4.69, 9.17) is 4.74 Å². The van der Waals surface area contributed by atoms with E-state index in [1.165, 1.54) is 6.42 Å². The molecule has 1 saturated heterocycles. The predicted molar refractivity (Wildman–Crippen MR) is 63.5 cm³/mol. The van der Waals surface area contributed by atoms with Gasteiger partial charge in [-0.25, -0.2) is 0 Å². The first kappa shape index (κ1) is 11.4. The van der Waals surface area contributed by atoms with Crippen molar-refractivity contribution >= 4 is 0 Å². The molecule has 2 unspecified atom stereocenters. The maximum atomic E-state index is 10.1. The Hall–Kier alpha value is -1.06. The van der Waals surface area contributed by atoms with E-state index in [1.54, 1.807) is 7.11 Å². The highest BCUT2D eigenvalue weighted by Gasteiger charge is 2.19. The molecule has 88 valence electrons. The Morgan fingerprint density at radius 3 is 3.12 bits per heavy atom. The maximum Gasteiger partial charge on any atom is 0.119 e. The van der Waals surface area contributed by atoms with E-state index in [0.29, 0.717) is 5.92 Å². The summed E-state index contributed by atoms with van der Waals surface area (Å²) in [5.41, 5.74) is 0.950. The Kier molecular flexibility index (Phi) is 3.80. The normalized spacial score (nSPS) is 22.0. The zero-order valence-electron chi connectivity index (χ0n) is 9.65. The molecule has 3 heteroatoms. The SMILES string of the molecule is COc1cccc(C(O)CC2CCNC2)c1. The van der Waals surface area contributed by atoms with Gasteiger partial charge >= 0.3 is 0 Å². The molecule has 0 bridgehead atoms. The molecular weight excluding hydrogens is 202 g/mol. The number of aliphatic hydroxyl groups is 1. The number of hydrogen-bond acceptors (Lipinski definition) is 3. The van der Waals surface area contributed by atoms with Crippen LogP contribution in [-0.4, -0.2) is 25.3 Å². The standard InChI is InChI=1S/C13H19NO2/c1-16-12-4-2-3-11(8-12)13(15)7-10-5-6-14-9-10/h2-4,8,10,13-15H,5-7,9H2,1H3. The van der Waals surface area contributed by atoms with Crippen molar-refractivity contribution in [3.63, 3.8) is 0 Å². The van der Waals surface area contributed by atoms with Gasteiger partial charge in [0, 0.05) is 0 Å². The largest absolute Gasteiger partial charge is 0.497 e. The van der Waals surface area contributed by atoms with Crippen molar-refractivity contribution in [1.29, 1.82) is 0 Å². The molecule has 1 fully saturated rings. The van der Waals surface area contributed by atoms with Gasteiger partial charge in [0.2, 0.25) is 0 Å². The summed E-state index contributed by atoms with van der Waals surface area (Å²) in [6.45, 7) is 2.11. The van der Waals surface area contributed by atoms with Crippen LogP contribution < -0.4 is 10.1 Å². The molecule has 1 aliphatic rings. The lowest BCUT2D eigenvalue weighted by molar-refractivity contribution is 0.147. The van der Waals surface area contributed by atoms with E-state index < -0.39 is 0 Å². The molecule has 0 aromatic heterocycles. The van der Waals surface area contributed by atoms with Crippen molar-refractivity contribution in [1.82, 2.24) is 5.32 Å². The Morgan fingerprint density at radius 1 is 1.56 bits per heavy atom. The first-order valence-corrected chi connectivity index (χ1v) is 5.82. The van der Waals surface area contributed by atoms with Gasteiger partial charge in [-0.2, -0.15) is 0 Å². The Balaban J connectivity index is 1.98. The van der Waals surface area contributed by atoms with Gasteiger partial charge in [-0.05, 0) is 49.5 Å². The summed E-state index contributed by atoms with van der Waals surface area (Å²) in [5.74, 6) is 1.40. The minimum atomic E-state index is -0.375. The van der Waals surface area contributed by atoms with Crippen molar-refractivity contribution in [2.75, 3.05) is 20.2 Å². The number of hydrogen-bond donors (Lipinski definition) is 2. The van der Waals surface area contributed by atoms with Crippen LogP contribution >= 0.6 is 0 Å². The highest BCUT2D eigenvalue weighted by Crippen LogP contribution is 2.26. The van der Waals surface area contributed by atoms with Gasteiger partial charge in [-0.15, -0.1) is 0 Å². The molecule has 0 radical (unpaired) electrons. The number of ether oxygens (including phenoxy) is 1. The fourth-order valence-corrected chi connectivity index (χ4v) is 2.22. The molecule has 1 heterocycles. The molecule has 2 atom stereocenters. The van der Waals surface area contributed by atoms with Crippen LogP contribution in [0.25, 0.3) is 0 Å². The number of nitrogens with one attached hydrogen (secondary N) is 1. The van der Waals surface area contributed by atoms with E-state index in [9.17, 15) is 5.11 Å². The van der Waals surface area contributed by atoms with E-state index >= 15 is 0 Å². The Bertz CT molecular complexity index is 334. The molecule has 1 aliphatic heterocycles. The van der Waals surface area contributed by atoms with Gasteiger partial charge in [0.15, 0.2) is 0 Å². The Labute approximate surface area is 96.4 Å². The van der Waals surface area contributed by atoms with E-state index in [-0.39, 0.29) is 6.10 Å². The van der Waals surface area contributed by atoms with Crippen molar-refractivity contribution in [2.45, 2.75) is 18.9 Å². The van der Waals surface area contributed by atoms with Gasteiger partial charge in [-0.3, -0.25) is 0 Å². The van der Waals surface area contributed by atoms with Gasteiger partial charge < -0.3 is 15.2 Å².